The molecule has 0 unspecified atom stereocenters. The molecule has 0 fully saturated rings. The Hall–Kier alpha value is -3.86. The van der Waals surface area contributed by atoms with Gasteiger partial charge in [0.15, 0.2) is 11.5 Å². The maximum atomic E-state index is 13.6. The minimum atomic E-state index is -0.200. The van der Waals surface area contributed by atoms with Crippen molar-refractivity contribution in [3.63, 3.8) is 0 Å². The second kappa shape index (κ2) is 8.88. The van der Waals surface area contributed by atoms with Crippen LogP contribution in [0.4, 0.5) is 0 Å². The Morgan fingerprint density at radius 3 is 2.00 bits per heavy atom. The first-order chi connectivity index (χ1) is 15.1. The summed E-state index contributed by atoms with van der Waals surface area (Å²) in [5.41, 5.74) is 3.79. The van der Waals surface area contributed by atoms with E-state index in [0.29, 0.717) is 33.7 Å². The smallest absolute Gasteiger partial charge is 0.199 e. The summed E-state index contributed by atoms with van der Waals surface area (Å²) in [6.07, 6.45) is 3.21. The van der Waals surface area contributed by atoms with Crippen molar-refractivity contribution in [3.8, 4) is 34.1 Å². The van der Waals surface area contributed by atoms with E-state index in [1.54, 1.807) is 36.4 Å². The van der Waals surface area contributed by atoms with Crippen molar-refractivity contribution >= 4 is 5.78 Å². The van der Waals surface area contributed by atoms with Gasteiger partial charge in [0.2, 0.25) is 0 Å². The number of aryl methyl sites for hydroxylation is 1. The van der Waals surface area contributed by atoms with E-state index in [0.717, 1.165) is 19.3 Å². The number of unbranched alkanes of at least 4 members (excludes halogenated alkanes) is 1. The number of aromatic nitrogens is 1. The van der Waals surface area contributed by atoms with Gasteiger partial charge in [0, 0.05) is 16.7 Å². The molecule has 2 N–H and O–H groups in total. The van der Waals surface area contributed by atoms with Crippen LogP contribution < -0.4 is 0 Å². The number of hydrogen-bond donors (Lipinski definition) is 2. The highest BCUT2D eigenvalue weighted by Crippen LogP contribution is 2.35. The van der Waals surface area contributed by atoms with Gasteiger partial charge in [-0.1, -0.05) is 42.8 Å². The molecule has 0 bridgehead atoms. The number of benzene rings is 3. The van der Waals surface area contributed by atoms with Gasteiger partial charge in [-0.05, 0) is 66.9 Å². The Kier molecular flexibility index (Phi) is 5.85. The topological polar surface area (TPSA) is 83.6 Å². The van der Waals surface area contributed by atoms with E-state index < -0.39 is 0 Å². The van der Waals surface area contributed by atoms with Gasteiger partial charge in [0.1, 0.15) is 17.2 Å². The third kappa shape index (κ3) is 4.36. The summed E-state index contributed by atoms with van der Waals surface area (Å²) in [6.45, 7) is 2.15. The van der Waals surface area contributed by atoms with Crippen LogP contribution in [0.15, 0.2) is 77.3 Å². The Labute approximate surface area is 180 Å². The summed E-state index contributed by atoms with van der Waals surface area (Å²) >= 11 is 0. The zero-order chi connectivity index (χ0) is 21.8. The summed E-state index contributed by atoms with van der Waals surface area (Å²) in [5, 5.41) is 23.4. The quantitative estimate of drug-likeness (QED) is 0.363. The van der Waals surface area contributed by atoms with Gasteiger partial charge < -0.3 is 14.7 Å². The van der Waals surface area contributed by atoms with Crippen molar-refractivity contribution in [2.24, 2.45) is 0 Å². The molecule has 5 heteroatoms. The second-order valence-electron chi connectivity index (χ2n) is 7.46. The Balaban J connectivity index is 1.79. The van der Waals surface area contributed by atoms with Crippen molar-refractivity contribution in [2.45, 2.75) is 26.2 Å². The minimum Gasteiger partial charge on any atom is -0.508 e. The Bertz CT molecular complexity index is 1110. The lowest BCUT2D eigenvalue weighted by atomic mass is 9.94. The summed E-state index contributed by atoms with van der Waals surface area (Å²) in [7, 11) is 0. The van der Waals surface area contributed by atoms with Crippen LogP contribution in [0.2, 0.25) is 0 Å². The summed E-state index contributed by atoms with van der Waals surface area (Å²) < 4.78 is 5.61. The highest BCUT2D eigenvalue weighted by atomic mass is 16.5. The predicted molar refractivity (Wildman–Crippen MR) is 119 cm³/mol. The molecule has 3 aromatic carbocycles. The molecular formula is C26H23NO4. The predicted octanol–water partition coefficient (Wildman–Crippen LogP) is 5.99. The molecule has 31 heavy (non-hydrogen) atoms. The minimum absolute atomic E-state index is 0.123. The summed E-state index contributed by atoms with van der Waals surface area (Å²) in [6, 6.07) is 20.5. The lowest BCUT2D eigenvalue weighted by Crippen LogP contribution is -2.04. The number of phenolic OH excluding ortho intramolecular Hbond substituents is 2. The maximum absolute atomic E-state index is 13.6. The van der Waals surface area contributed by atoms with Gasteiger partial charge in [0.25, 0.3) is 0 Å². The van der Waals surface area contributed by atoms with Crippen LogP contribution in [-0.2, 0) is 6.42 Å². The fourth-order valence-corrected chi connectivity index (χ4v) is 3.47. The first-order valence-corrected chi connectivity index (χ1v) is 10.3. The molecule has 1 aromatic heterocycles. The van der Waals surface area contributed by atoms with E-state index in [1.807, 2.05) is 24.3 Å². The molecule has 5 nitrogen and oxygen atoms in total. The van der Waals surface area contributed by atoms with E-state index in [4.69, 9.17) is 4.52 Å². The highest BCUT2D eigenvalue weighted by molar-refractivity contribution is 6.15. The Morgan fingerprint density at radius 1 is 0.839 bits per heavy atom. The average molecular weight is 413 g/mol. The normalized spacial score (nSPS) is 10.9. The van der Waals surface area contributed by atoms with E-state index >= 15 is 0 Å². The van der Waals surface area contributed by atoms with Gasteiger partial charge in [-0.2, -0.15) is 0 Å². The molecule has 0 aliphatic rings. The zero-order valence-corrected chi connectivity index (χ0v) is 17.2. The van der Waals surface area contributed by atoms with Gasteiger partial charge >= 0.3 is 0 Å². The third-order valence-electron chi connectivity index (χ3n) is 5.22. The van der Waals surface area contributed by atoms with Crippen LogP contribution in [0.3, 0.4) is 0 Å². The molecule has 0 amide bonds. The van der Waals surface area contributed by atoms with Gasteiger partial charge in [-0.25, -0.2) is 0 Å². The fraction of sp³-hybridized carbons (Fsp3) is 0.154. The van der Waals surface area contributed by atoms with Crippen LogP contribution in [0.5, 0.6) is 11.5 Å². The monoisotopic (exact) mass is 413 g/mol. The molecule has 0 aliphatic carbocycles. The van der Waals surface area contributed by atoms with Crippen molar-refractivity contribution in [2.75, 3.05) is 0 Å². The summed E-state index contributed by atoms with van der Waals surface area (Å²) in [4.78, 5) is 13.6. The number of aromatic hydroxyl groups is 2. The zero-order valence-electron chi connectivity index (χ0n) is 17.2. The van der Waals surface area contributed by atoms with Crippen LogP contribution in [-0.4, -0.2) is 21.2 Å². The van der Waals surface area contributed by atoms with E-state index in [1.165, 1.54) is 17.7 Å². The average Bonchev–Trinajstić information content (AvgIpc) is 3.23. The number of ketones is 1. The van der Waals surface area contributed by atoms with Gasteiger partial charge in [0.05, 0.1) is 5.56 Å². The van der Waals surface area contributed by atoms with Gasteiger partial charge in [-0.15, -0.1) is 0 Å². The number of rotatable bonds is 7. The lowest BCUT2D eigenvalue weighted by molar-refractivity contribution is 0.103. The molecule has 0 atom stereocenters. The standard InChI is InChI=1S/C26H23NO4/c1-2-3-4-17-5-7-19(8-6-17)25(30)23-24(18-9-13-21(28)14-10-18)27-31-26(23)20-11-15-22(29)16-12-20/h5-16,28-29H,2-4H2,1H3. The molecule has 0 aliphatic heterocycles. The largest absolute Gasteiger partial charge is 0.508 e. The van der Waals surface area contributed by atoms with Crippen LogP contribution in [0, 0.1) is 0 Å². The molecule has 0 radical (unpaired) electrons. The maximum Gasteiger partial charge on any atom is 0.199 e. The number of hydrogen-bond acceptors (Lipinski definition) is 5. The molecule has 0 saturated carbocycles. The second-order valence-corrected chi connectivity index (χ2v) is 7.46. The van der Waals surface area contributed by atoms with Crippen LogP contribution >= 0.6 is 0 Å². The Morgan fingerprint density at radius 2 is 1.42 bits per heavy atom. The lowest BCUT2D eigenvalue weighted by Gasteiger charge is -2.06. The van der Waals surface area contributed by atoms with E-state index in [2.05, 4.69) is 12.1 Å². The fourth-order valence-electron chi connectivity index (χ4n) is 3.47. The molecular weight excluding hydrogens is 390 g/mol. The van der Waals surface area contributed by atoms with E-state index in [9.17, 15) is 15.0 Å². The van der Waals surface area contributed by atoms with Crippen molar-refractivity contribution in [3.05, 3.63) is 89.5 Å². The SMILES string of the molecule is CCCCc1ccc(C(=O)c2c(-c3ccc(O)cc3)noc2-c2ccc(O)cc2)cc1. The van der Waals surface area contributed by atoms with Crippen molar-refractivity contribution in [1.29, 1.82) is 0 Å². The molecule has 156 valence electrons. The number of carbonyl (C=O) groups is 1. The third-order valence-corrected chi connectivity index (χ3v) is 5.22. The summed E-state index contributed by atoms with van der Waals surface area (Å²) in [5.74, 6) is 0.386. The number of phenols is 2. The molecule has 0 spiro atoms. The highest BCUT2D eigenvalue weighted by Gasteiger charge is 2.26. The molecule has 4 rings (SSSR count). The van der Waals surface area contributed by atoms with Crippen LogP contribution in [0.25, 0.3) is 22.6 Å². The van der Waals surface area contributed by atoms with Crippen LogP contribution in [0.1, 0.15) is 41.3 Å². The van der Waals surface area contributed by atoms with E-state index in [-0.39, 0.29) is 17.3 Å². The van der Waals surface area contributed by atoms with Crippen molar-refractivity contribution in [1.82, 2.24) is 5.16 Å². The first kappa shape index (κ1) is 20.4. The molecule has 1 heterocycles. The molecule has 0 saturated heterocycles. The molecule has 4 aromatic rings. The van der Waals surface area contributed by atoms with Crippen molar-refractivity contribution < 1.29 is 19.5 Å². The van der Waals surface area contributed by atoms with Gasteiger partial charge in [-0.3, -0.25) is 4.79 Å². The number of carbonyl (C=O) groups excluding carboxylic acids is 1. The first-order valence-electron chi connectivity index (χ1n) is 10.3. The number of nitrogens with zero attached hydrogens (tertiary/aromatic N) is 1.